The van der Waals surface area contributed by atoms with Gasteiger partial charge < -0.3 is 19.3 Å². The van der Waals surface area contributed by atoms with E-state index in [0.717, 1.165) is 56.9 Å². The number of carbonyl (C=O) groups is 1. The number of anilines is 2. The standard InChI is InChI=1S/C23H25N3O3S/c27-22(15-17-1-3-18(4-2-17)25-10-12-28-13-11-25)29-19-6-9-26(16-19)21-5-8-24-20-7-14-30-23(20)21/h1-5,7-8,14,19H,6,9-13,15-16H2. The van der Waals surface area contributed by atoms with E-state index in [1.807, 2.05) is 24.4 Å². The van der Waals surface area contributed by atoms with Crippen molar-refractivity contribution in [2.75, 3.05) is 49.2 Å². The Morgan fingerprint density at radius 1 is 1.10 bits per heavy atom. The normalized spacial score (nSPS) is 19.4. The third kappa shape index (κ3) is 4.13. The lowest BCUT2D eigenvalue weighted by Gasteiger charge is -2.28. The van der Waals surface area contributed by atoms with E-state index in [1.165, 1.54) is 16.1 Å². The number of morpholine rings is 1. The van der Waals surface area contributed by atoms with Crippen LogP contribution < -0.4 is 9.80 Å². The molecule has 2 aliphatic heterocycles. The summed E-state index contributed by atoms with van der Waals surface area (Å²) in [5, 5.41) is 2.07. The zero-order chi connectivity index (χ0) is 20.3. The lowest BCUT2D eigenvalue weighted by atomic mass is 10.1. The molecule has 2 fully saturated rings. The van der Waals surface area contributed by atoms with Gasteiger partial charge in [0.2, 0.25) is 0 Å². The summed E-state index contributed by atoms with van der Waals surface area (Å²) >= 11 is 1.71. The Kier molecular flexibility index (Phi) is 5.55. The Bertz CT molecular complexity index is 1010. The Balaban J connectivity index is 1.16. The molecule has 5 rings (SSSR count). The first-order valence-electron chi connectivity index (χ1n) is 10.4. The van der Waals surface area contributed by atoms with Gasteiger partial charge in [-0.15, -0.1) is 11.3 Å². The summed E-state index contributed by atoms with van der Waals surface area (Å²) in [4.78, 5) is 21.5. The first kappa shape index (κ1) is 19.3. The highest BCUT2D eigenvalue weighted by Crippen LogP contribution is 2.32. The van der Waals surface area contributed by atoms with Crippen LogP contribution in [0.5, 0.6) is 0 Å². The predicted octanol–water partition coefficient (Wildman–Crippen LogP) is 3.50. The van der Waals surface area contributed by atoms with Crippen LogP contribution in [0.15, 0.2) is 48.0 Å². The van der Waals surface area contributed by atoms with Gasteiger partial charge in [0.25, 0.3) is 0 Å². The Hall–Kier alpha value is -2.64. The fourth-order valence-corrected chi connectivity index (χ4v) is 5.08. The van der Waals surface area contributed by atoms with Crippen molar-refractivity contribution < 1.29 is 14.3 Å². The summed E-state index contributed by atoms with van der Waals surface area (Å²) in [6, 6.07) is 12.3. The number of benzene rings is 1. The topological polar surface area (TPSA) is 54.9 Å². The van der Waals surface area contributed by atoms with E-state index in [1.54, 1.807) is 11.3 Å². The van der Waals surface area contributed by atoms with Gasteiger partial charge in [-0.2, -0.15) is 0 Å². The van der Waals surface area contributed by atoms with Gasteiger partial charge in [0.05, 0.1) is 42.1 Å². The molecule has 30 heavy (non-hydrogen) atoms. The maximum Gasteiger partial charge on any atom is 0.310 e. The third-order valence-electron chi connectivity index (χ3n) is 5.77. The maximum atomic E-state index is 12.5. The highest BCUT2D eigenvalue weighted by molar-refractivity contribution is 7.17. The molecule has 0 radical (unpaired) electrons. The molecule has 2 saturated heterocycles. The first-order chi connectivity index (χ1) is 14.8. The predicted molar refractivity (Wildman–Crippen MR) is 120 cm³/mol. The number of esters is 1. The number of ether oxygens (including phenoxy) is 2. The van der Waals surface area contributed by atoms with Gasteiger partial charge in [-0.25, -0.2) is 0 Å². The number of hydrogen-bond acceptors (Lipinski definition) is 7. The molecule has 0 bridgehead atoms. The van der Waals surface area contributed by atoms with Crippen molar-refractivity contribution in [3.05, 3.63) is 53.5 Å². The number of carbonyl (C=O) groups excluding carboxylic acids is 1. The molecule has 2 aliphatic rings. The van der Waals surface area contributed by atoms with E-state index in [2.05, 4.69) is 38.4 Å². The molecule has 1 aromatic carbocycles. The number of thiophene rings is 1. The summed E-state index contributed by atoms with van der Waals surface area (Å²) in [5.74, 6) is -0.156. The molecule has 6 nitrogen and oxygen atoms in total. The molecule has 0 saturated carbocycles. The van der Waals surface area contributed by atoms with Crippen LogP contribution in [-0.4, -0.2) is 56.5 Å². The van der Waals surface area contributed by atoms with Gasteiger partial charge in [-0.05, 0) is 35.2 Å². The van der Waals surface area contributed by atoms with Crippen LogP contribution in [0.25, 0.3) is 10.2 Å². The van der Waals surface area contributed by atoms with Crippen molar-refractivity contribution in [2.45, 2.75) is 18.9 Å². The van der Waals surface area contributed by atoms with Crippen LogP contribution >= 0.6 is 11.3 Å². The summed E-state index contributed by atoms with van der Waals surface area (Å²) in [6.07, 6.45) is 2.96. The van der Waals surface area contributed by atoms with Crippen LogP contribution in [0.1, 0.15) is 12.0 Å². The van der Waals surface area contributed by atoms with Crippen molar-refractivity contribution in [2.24, 2.45) is 0 Å². The van der Waals surface area contributed by atoms with E-state index in [4.69, 9.17) is 9.47 Å². The molecular formula is C23H25N3O3S. The Morgan fingerprint density at radius 3 is 2.77 bits per heavy atom. The fraction of sp³-hybridized carbons (Fsp3) is 0.391. The smallest absolute Gasteiger partial charge is 0.310 e. The molecule has 4 heterocycles. The molecule has 7 heteroatoms. The van der Waals surface area contributed by atoms with E-state index in [-0.39, 0.29) is 12.1 Å². The molecule has 0 aliphatic carbocycles. The number of pyridine rings is 1. The highest BCUT2D eigenvalue weighted by atomic mass is 32.1. The summed E-state index contributed by atoms with van der Waals surface area (Å²) in [5.41, 5.74) is 4.38. The quantitative estimate of drug-likeness (QED) is 0.586. The number of aromatic nitrogens is 1. The average molecular weight is 424 g/mol. The van der Waals surface area contributed by atoms with Gasteiger partial charge in [-0.3, -0.25) is 9.78 Å². The van der Waals surface area contributed by atoms with Crippen LogP contribution in [-0.2, 0) is 20.7 Å². The lowest BCUT2D eigenvalue weighted by molar-refractivity contribution is -0.147. The zero-order valence-corrected chi connectivity index (χ0v) is 17.6. The molecule has 156 valence electrons. The fourth-order valence-electron chi connectivity index (χ4n) is 4.19. The third-order valence-corrected chi connectivity index (χ3v) is 6.69. The van der Waals surface area contributed by atoms with Gasteiger partial charge in [0, 0.05) is 37.9 Å². The molecule has 1 atom stereocenters. The van der Waals surface area contributed by atoms with Gasteiger partial charge in [0.1, 0.15) is 6.10 Å². The van der Waals surface area contributed by atoms with E-state index in [9.17, 15) is 4.79 Å². The van der Waals surface area contributed by atoms with Crippen LogP contribution in [0.3, 0.4) is 0 Å². The average Bonchev–Trinajstić information content (AvgIpc) is 3.44. The molecule has 0 N–H and O–H groups in total. The van der Waals surface area contributed by atoms with Crippen molar-refractivity contribution in [1.29, 1.82) is 0 Å². The minimum Gasteiger partial charge on any atom is -0.460 e. The Labute approximate surface area is 180 Å². The molecule has 0 spiro atoms. The van der Waals surface area contributed by atoms with Crippen molar-refractivity contribution in [1.82, 2.24) is 4.98 Å². The van der Waals surface area contributed by atoms with Crippen LogP contribution in [0, 0.1) is 0 Å². The molecular weight excluding hydrogens is 398 g/mol. The lowest BCUT2D eigenvalue weighted by Crippen LogP contribution is -2.36. The van der Waals surface area contributed by atoms with Crippen molar-refractivity contribution >= 4 is 38.9 Å². The molecule has 0 amide bonds. The van der Waals surface area contributed by atoms with E-state index in [0.29, 0.717) is 6.42 Å². The number of nitrogens with zero attached hydrogens (tertiary/aromatic N) is 3. The van der Waals surface area contributed by atoms with Gasteiger partial charge in [-0.1, -0.05) is 12.1 Å². The van der Waals surface area contributed by atoms with Crippen molar-refractivity contribution in [3.8, 4) is 0 Å². The zero-order valence-electron chi connectivity index (χ0n) is 16.8. The second kappa shape index (κ2) is 8.62. The molecule has 3 aromatic rings. The number of fused-ring (bicyclic) bond motifs is 1. The Morgan fingerprint density at radius 2 is 1.93 bits per heavy atom. The van der Waals surface area contributed by atoms with Crippen LogP contribution in [0.2, 0.25) is 0 Å². The second-order valence-corrected chi connectivity index (χ2v) is 8.67. The largest absolute Gasteiger partial charge is 0.460 e. The summed E-state index contributed by atoms with van der Waals surface area (Å²) < 4.78 is 12.4. The first-order valence-corrected chi connectivity index (χ1v) is 11.3. The minimum atomic E-state index is -0.156. The highest BCUT2D eigenvalue weighted by Gasteiger charge is 2.27. The number of rotatable bonds is 5. The number of hydrogen-bond donors (Lipinski definition) is 0. The SMILES string of the molecule is O=C(Cc1ccc(N2CCOCC2)cc1)OC1CCN(c2ccnc3ccsc23)C1. The summed E-state index contributed by atoms with van der Waals surface area (Å²) in [6.45, 7) is 4.99. The van der Waals surface area contributed by atoms with E-state index >= 15 is 0 Å². The monoisotopic (exact) mass is 423 g/mol. The van der Waals surface area contributed by atoms with Gasteiger partial charge in [0.15, 0.2) is 0 Å². The molecule has 2 aromatic heterocycles. The van der Waals surface area contributed by atoms with Gasteiger partial charge >= 0.3 is 5.97 Å². The molecule has 1 unspecified atom stereocenters. The van der Waals surface area contributed by atoms with E-state index < -0.39 is 0 Å². The summed E-state index contributed by atoms with van der Waals surface area (Å²) in [7, 11) is 0. The second-order valence-electron chi connectivity index (χ2n) is 7.75. The van der Waals surface area contributed by atoms with Crippen molar-refractivity contribution in [3.63, 3.8) is 0 Å². The minimum absolute atomic E-state index is 0.0618. The van der Waals surface area contributed by atoms with Crippen LogP contribution in [0.4, 0.5) is 11.4 Å². The maximum absolute atomic E-state index is 12.5.